The van der Waals surface area contributed by atoms with Crippen LogP contribution < -0.4 is 0 Å². The maximum atomic E-state index is 10.3. The van der Waals surface area contributed by atoms with E-state index >= 15 is 0 Å². The van der Waals surface area contributed by atoms with E-state index < -0.39 is 0 Å². The van der Waals surface area contributed by atoms with Crippen molar-refractivity contribution in [2.45, 2.75) is 63.6 Å². The first-order valence-electron chi connectivity index (χ1n) is 8.36. The minimum atomic E-state index is -0.314. The predicted molar refractivity (Wildman–Crippen MR) is 81.2 cm³/mol. The largest absolute Gasteiger partial charge is 0.392 e. The van der Waals surface area contributed by atoms with Crippen molar-refractivity contribution in [1.29, 1.82) is 0 Å². The molecule has 3 aliphatic carbocycles. The predicted octanol–water partition coefficient (Wildman–Crippen LogP) is 3.45. The zero-order valence-corrected chi connectivity index (χ0v) is 12.4. The fourth-order valence-corrected chi connectivity index (χ4v) is 4.71. The van der Waals surface area contributed by atoms with E-state index in [0.717, 1.165) is 32.1 Å². The van der Waals surface area contributed by atoms with Crippen molar-refractivity contribution in [2.75, 3.05) is 0 Å². The van der Waals surface area contributed by atoms with Crippen LogP contribution in [0.5, 0.6) is 0 Å². The number of aliphatic hydroxyl groups is 2. The van der Waals surface area contributed by atoms with Crippen LogP contribution in [0.25, 0.3) is 0 Å². The molecule has 3 fully saturated rings. The molecule has 2 nitrogen and oxygen atoms in total. The average Bonchev–Trinajstić information content (AvgIpc) is 2.92. The molecule has 2 N–H and O–H groups in total. The number of aliphatic hydroxyl groups excluding tert-OH is 2. The molecule has 2 heteroatoms. The van der Waals surface area contributed by atoms with Crippen LogP contribution in [0.4, 0.5) is 0 Å². The monoisotopic (exact) mass is 276 g/mol. The van der Waals surface area contributed by atoms with Crippen molar-refractivity contribution >= 4 is 0 Å². The molecule has 0 unspecified atom stereocenters. The lowest BCUT2D eigenvalue weighted by atomic mass is 9.84. The Bertz CT molecular complexity index is 381. The molecule has 112 valence electrons. The van der Waals surface area contributed by atoms with E-state index in [9.17, 15) is 10.2 Å². The Morgan fingerprint density at radius 2 is 1.90 bits per heavy atom. The van der Waals surface area contributed by atoms with Gasteiger partial charge in [-0.3, -0.25) is 0 Å². The standard InChI is InChI=1S/C18H28O2/c1-12-9-14-11-18(20)15(16(14)10-12)7-8-17(19)13-5-3-2-4-6-13/h7-8,13-20H,1-6,9-11H2/b8-7+/t14-,15+,16+,17+,18+/m0/s1. The van der Waals surface area contributed by atoms with Crippen molar-refractivity contribution in [3.8, 4) is 0 Å². The molecule has 0 saturated heterocycles. The van der Waals surface area contributed by atoms with E-state index in [1.165, 1.54) is 24.8 Å². The summed E-state index contributed by atoms with van der Waals surface area (Å²) in [6, 6.07) is 0. The van der Waals surface area contributed by atoms with Gasteiger partial charge >= 0.3 is 0 Å². The highest BCUT2D eigenvalue weighted by Gasteiger charge is 2.44. The Kier molecular flexibility index (Phi) is 4.32. The van der Waals surface area contributed by atoms with Gasteiger partial charge < -0.3 is 10.2 Å². The van der Waals surface area contributed by atoms with Crippen molar-refractivity contribution in [3.63, 3.8) is 0 Å². The first kappa shape index (κ1) is 14.3. The molecule has 0 spiro atoms. The van der Waals surface area contributed by atoms with Gasteiger partial charge in [-0.1, -0.05) is 43.6 Å². The van der Waals surface area contributed by atoms with E-state index in [1.807, 2.05) is 6.08 Å². The van der Waals surface area contributed by atoms with Crippen LogP contribution in [0.3, 0.4) is 0 Å². The quantitative estimate of drug-likeness (QED) is 0.775. The summed E-state index contributed by atoms with van der Waals surface area (Å²) in [6.45, 7) is 4.11. The molecule has 0 aliphatic heterocycles. The minimum Gasteiger partial charge on any atom is -0.392 e. The Morgan fingerprint density at radius 3 is 2.65 bits per heavy atom. The second kappa shape index (κ2) is 6.03. The lowest BCUT2D eigenvalue weighted by Gasteiger charge is -2.25. The molecule has 3 rings (SSSR count). The first-order valence-corrected chi connectivity index (χ1v) is 8.36. The van der Waals surface area contributed by atoms with E-state index in [4.69, 9.17) is 0 Å². The molecule has 0 radical (unpaired) electrons. The normalized spacial score (nSPS) is 40.4. The summed E-state index contributed by atoms with van der Waals surface area (Å²) in [5, 5.41) is 20.6. The van der Waals surface area contributed by atoms with Crippen LogP contribution in [-0.4, -0.2) is 22.4 Å². The topological polar surface area (TPSA) is 40.5 Å². The van der Waals surface area contributed by atoms with Gasteiger partial charge in [-0.05, 0) is 49.9 Å². The van der Waals surface area contributed by atoms with Gasteiger partial charge in [-0.15, -0.1) is 0 Å². The SMILES string of the molecule is C=C1C[C@H]2C[C@@H](O)[C@H](/C=C/[C@@H](O)C3CCCCC3)[C@@H]2C1. The molecule has 3 saturated carbocycles. The minimum absolute atomic E-state index is 0.215. The molecule has 0 aromatic heterocycles. The Balaban J connectivity index is 1.61. The number of rotatable bonds is 3. The number of allylic oxidation sites excluding steroid dienone is 1. The summed E-state index contributed by atoms with van der Waals surface area (Å²) in [4.78, 5) is 0. The molecule has 3 aliphatic rings. The van der Waals surface area contributed by atoms with Crippen molar-refractivity contribution in [2.24, 2.45) is 23.7 Å². The third-order valence-corrected chi connectivity index (χ3v) is 5.83. The Labute approximate surface area is 122 Å². The summed E-state index contributed by atoms with van der Waals surface area (Å²) in [7, 11) is 0. The van der Waals surface area contributed by atoms with Crippen molar-refractivity contribution < 1.29 is 10.2 Å². The average molecular weight is 276 g/mol. The molecule has 0 amide bonds. The molecule has 0 aromatic rings. The Hall–Kier alpha value is -0.600. The maximum absolute atomic E-state index is 10.3. The van der Waals surface area contributed by atoms with E-state index in [1.54, 1.807) is 0 Å². The van der Waals surface area contributed by atoms with Crippen LogP contribution in [-0.2, 0) is 0 Å². The van der Waals surface area contributed by atoms with Crippen molar-refractivity contribution in [1.82, 2.24) is 0 Å². The molecule has 0 heterocycles. The molecule has 20 heavy (non-hydrogen) atoms. The van der Waals surface area contributed by atoms with Gasteiger partial charge in [-0.2, -0.15) is 0 Å². The van der Waals surface area contributed by atoms with Gasteiger partial charge in [0.2, 0.25) is 0 Å². The molecular formula is C18H28O2. The summed E-state index contributed by atoms with van der Waals surface area (Å²) < 4.78 is 0. The van der Waals surface area contributed by atoms with E-state index in [2.05, 4.69) is 12.7 Å². The molecule has 0 bridgehead atoms. The van der Waals surface area contributed by atoms with Gasteiger partial charge in [0.05, 0.1) is 12.2 Å². The zero-order valence-electron chi connectivity index (χ0n) is 12.4. The number of hydrogen-bond donors (Lipinski definition) is 2. The van der Waals surface area contributed by atoms with Gasteiger partial charge in [0.15, 0.2) is 0 Å². The lowest BCUT2D eigenvalue weighted by Crippen LogP contribution is -2.22. The van der Waals surface area contributed by atoms with E-state index in [0.29, 0.717) is 17.8 Å². The highest BCUT2D eigenvalue weighted by molar-refractivity contribution is 5.15. The fraction of sp³-hybridized carbons (Fsp3) is 0.778. The first-order chi connectivity index (χ1) is 9.65. The summed E-state index contributed by atoms with van der Waals surface area (Å²) in [5.41, 5.74) is 1.35. The Morgan fingerprint density at radius 1 is 1.15 bits per heavy atom. The highest BCUT2D eigenvalue weighted by atomic mass is 16.3. The third-order valence-electron chi connectivity index (χ3n) is 5.83. The second-order valence-electron chi connectivity index (χ2n) is 7.24. The lowest BCUT2D eigenvalue weighted by molar-refractivity contribution is 0.120. The van der Waals surface area contributed by atoms with Crippen LogP contribution >= 0.6 is 0 Å². The fourth-order valence-electron chi connectivity index (χ4n) is 4.71. The highest BCUT2D eigenvalue weighted by Crippen LogP contribution is 2.50. The summed E-state index contributed by atoms with van der Waals surface area (Å²) in [6.07, 6.45) is 12.8. The second-order valence-corrected chi connectivity index (χ2v) is 7.24. The summed E-state index contributed by atoms with van der Waals surface area (Å²) >= 11 is 0. The van der Waals surface area contributed by atoms with Gasteiger partial charge in [0.1, 0.15) is 0 Å². The smallest absolute Gasteiger partial charge is 0.0749 e. The molecule has 0 aromatic carbocycles. The van der Waals surface area contributed by atoms with Crippen molar-refractivity contribution in [3.05, 3.63) is 24.3 Å². The maximum Gasteiger partial charge on any atom is 0.0749 e. The number of hydrogen-bond acceptors (Lipinski definition) is 2. The van der Waals surface area contributed by atoms with Crippen LogP contribution in [0, 0.1) is 23.7 Å². The molecule has 5 atom stereocenters. The van der Waals surface area contributed by atoms with E-state index in [-0.39, 0.29) is 18.1 Å². The van der Waals surface area contributed by atoms with Crippen LogP contribution in [0.2, 0.25) is 0 Å². The number of fused-ring (bicyclic) bond motifs is 1. The molecular weight excluding hydrogens is 248 g/mol. The van der Waals surface area contributed by atoms with Gasteiger partial charge in [0.25, 0.3) is 0 Å². The zero-order chi connectivity index (χ0) is 14.1. The van der Waals surface area contributed by atoms with Gasteiger partial charge in [-0.25, -0.2) is 0 Å². The van der Waals surface area contributed by atoms with Crippen LogP contribution in [0.1, 0.15) is 51.4 Å². The van der Waals surface area contributed by atoms with Gasteiger partial charge in [0, 0.05) is 5.92 Å². The summed E-state index contributed by atoms with van der Waals surface area (Å²) in [5.74, 6) is 1.86. The third kappa shape index (κ3) is 2.87. The van der Waals surface area contributed by atoms with Crippen LogP contribution in [0.15, 0.2) is 24.3 Å².